The van der Waals surface area contributed by atoms with E-state index in [0.717, 1.165) is 16.7 Å². The highest BCUT2D eigenvalue weighted by atomic mass is 16.3. The summed E-state index contributed by atoms with van der Waals surface area (Å²) < 4.78 is 0. The number of benzene rings is 3. The summed E-state index contributed by atoms with van der Waals surface area (Å²) in [6.07, 6.45) is 0.625. The Hall–Kier alpha value is -2.94. The van der Waals surface area contributed by atoms with Crippen LogP contribution in [0.25, 0.3) is 0 Å². The summed E-state index contributed by atoms with van der Waals surface area (Å²) in [6, 6.07) is 21.7. The van der Waals surface area contributed by atoms with Gasteiger partial charge in [-0.3, -0.25) is 0 Å². The minimum Gasteiger partial charge on any atom is -0.508 e. The van der Waals surface area contributed by atoms with E-state index in [4.69, 9.17) is 0 Å². The van der Waals surface area contributed by atoms with Gasteiger partial charge in [0.25, 0.3) is 0 Å². The lowest BCUT2D eigenvalue weighted by Crippen LogP contribution is -2.14. The Labute approximate surface area is 147 Å². The van der Waals surface area contributed by atoms with E-state index in [2.05, 4.69) is 6.92 Å². The molecule has 3 rings (SSSR count). The average molecular weight is 334 g/mol. The molecule has 0 aromatic heterocycles. The lowest BCUT2D eigenvalue weighted by atomic mass is 9.78. The van der Waals surface area contributed by atoms with Gasteiger partial charge in [0.2, 0.25) is 0 Å². The maximum absolute atomic E-state index is 10.4. The van der Waals surface area contributed by atoms with E-state index >= 15 is 0 Å². The van der Waals surface area contributed by atoms with Crippen molar-refractivity contribution in [1.29, 1.82) is 0 Å². The van der Waals surface area contributed by atoms with Crippen LogP contribution in [0.15, 0.2) is 72.8 Å². The summed E-state index contributed by atoms with van der Waals surface area (Å²) in [5.41, 5.74) is 2.39. The van der Waals surface area contributed by atoms with E-state index in [1.807, 2.05) is 36.4 Å². The average Bonchev–Trinajstić information content (AvgIpc) is 2.60. The Bertz CT molecular complexity index is 812. The number of phenolic OH excluding ortho intramolecular Hbond substituents is 3. The molecule has 0 heterocycles. The van der Waals surface area contributed by atoms with Gasteiger partial charge >= 0.3 is 0 Å². The number of hydrogen-bond donors (Lipinski definition) is 3. The fourth-order valence-electron chi connectivity index (χ4n) is 3.43. The Morgan fingerprint density at radius 3 is 1.56 bits per heavy atom. The minimum atomic E-state index is -0.193. The fourth-order valence-corrected chi connectivity index (χ4v) is 3.43. The van der Waals surface area contributed by atoms with Crippen LogP contribution in [-0.4, -0.2) is 15.3 Å². The highest BCUT2D eigenvalue weighted by Gasteiger charge is 2.26. The minimum absolute atomic E-state index is 0.0508. The molecule has 0 saturated carbocycles. The molecule has 0 spiro atoms. The first-order valence-electron chi connectivity index (χ1n) is 8.40. The number of aromatic hydroxyl groups is 3. The van der Waals surface area contributed by atoms with E-state index in [9.17, 15) is 15.3 Å². The zero-order valence-corrected chi connectivity index (χ0v) is 14.1. The summed E-state index contributed by atoms with van der Waals surface area (Å²) in [5, 5.41) is 30.8. The van der Waals surface area contributed by atoms with Gasteiger partial charge in [-0.05, 0) is 36.1 Å². The summed E-state index contributed by atoms with van der Waals surface area (Å²) in [6.45, 7) is 2.07. The Balaban J connectivity index is 2.04. The second kappa shape index (κ2) is 7.31. The number of para-hydroxylation sites is 3. The third-order valence-corrected chi connectivity index (χ3v) is 4.65. The van der Waals surface area contributed by atoms with Crippen LogP contribution in [0.5, 0.6) is 17.2 Å². The summed E-state index contributed by atoms with van der Waals surface area (Å²) in [4.78, 5) is 0. The van der Waals surface area contributed by atoms with Gasteiger partial charge in [-0.1, -0.05) is 61.5 Å². The Morgan fingerprint density at radius 2 is 1.08 bits per heavy atom. The lowest BCUT2D eigenvalue weighted by Gasteiger charge is -2.26. The van der Waals surface area contributed by atoms with Crippen molar-refractivity contribution in [2.24, 2.45) is 5.92 Å². The van der Waals surface area contributed by atoms with E-state index in [0.29, 0.717) is 6.42 Å². The van der Waals surface area contributed by atoms with Crippen LogP contribution in [0.4, 0.5) is 0 Å². The van der Waals surface area contributed by atoms with Crippen LogP contribution in [0, 0.1) is 5.92 Å². The summed E-state index contributed by atoms with van der Waals surface area (Å²) >= 11 is 0. The fraction of sp³-hybridized carbons (Fsp3) is 0.182. The molecule has 128 valence electrons. The predicted molar refractivity (Wildman–Crippen MR) is 99.0 cm³/mol. The second-order valence-electron chi connectivity index (χ2n) is 6.41. The molecule has 1 atom stereocenters. The molecule has 3 nitrogen and oxygen atoms in total. The summed E-state index contributed by atoms with van der Waals surface area (Å²) in [5.74, 6) is 0.541. The topological polar surface area (TPSA) is 60.7 Å². The molecule has 3 aromatic carbocycles. The van der Waals surface area contributed by atoms with Crippen molar-refractivity contribution >= 4 is 0 Å². The van der Waals surface area contributed by atoms with Crippen molar-refractivity contribution in [1.82, 2.24) is 0 Å². The van der Waals surface area contributed by atoms with E-state index < -0.39 is 0 Å². The molecule has 0 aliphatic heterocycles. The third-order valence-electron chi connectivity index (χ3n) is 4.65. The first kappa shape index (κ1) is 16.9. The monoisotopic (exact) mass is 334 g/mol. The molecule has 0 aliphatic carbocycles. The van der Waals surface area contributed by atoms with Crippen LogP contribution in [0.1, 0.15) is 29.5 Å². The summed E-state index contributed by atoms with van der Waals surface area (Å²) in [7, 11) is 0. The first-order valence-corrected chi connectivity index (χ1v) is 8.40. The SMILES string of the molecule is CC(Cc1ccccc1O)C(c1ccccc1O)c1ccccc1O. The first-order chi connectivity index (χ1) is 12.1. The van der Waals surface area contributed by atoms with Crippen molar-refractivity contribution in [2.75, 3.05) is 0 Å². The van der Waals surface area contributed by atoms with Crippen molar-refractivity contribution in [3.63, 3.8) is 0 Å². The van der Waals surface area contributed by atoms with Crippen LogP contribution in [0.2, 0.25) is 0 Å². The van der Waals surface area contributed by atoms with Gasteiger partial charge < -0.3 is 15.3 Å². The van der Waals surface area contributed by atoms with Gasteiger partial charge in [0.1, 0.15) is 17.2 Å². The number of phenols is 3. The van der Waals surface area contributed by atoms with Gasteiger partial charge in [-0.15, -0.1) is 0 Å². The Kier molecular flexibility index (Phi) is 4.94. The largest absolute Gasteiger partial charge is 0.508 e. The van der Waals surface area contributed by atoms with Crippen LogP contribution < -0.4 is 0 Å². The predicted octanol–water partition coefficient (Wildman–Crippen LogP) is 4.81. The second-order valence-corrected chi connectivity index (χ2v) is 6.41. The maximum Gasteiger partial charge on any atom is 0.119 e. The van der Waals surface area contributed by atoms with Crippen molar-refractivity contribution in [3.05, 3.63) is 89.5 Å². The zero-order valence-electron chi connectivity index (χ0n) is 14.1. The highest BCUT2D eigenvalue weighted by Crippen LogP contribution is 2.41. The Morgan fingerprint density at radius 1 is 0.640 bits per heavy atom. The van der Waals surface area contributed by atoms with Gasteiger partial charge in [0.05, 0.1) is 0 Å². The standard InChI is InChI=1S/C22H22O3/c1-15(14-16-8-2-5-11-19(16)23)22(17-9-3-6-12-20(17)24)18-10-4-7-13-21(18)25/h2-13,15,22-25H,14H2,1H3. The molecule has 3 heteroatoms. The highest BCUT2D eigenvalue weighted by molar-refractivity contribution is 5.47. The van der Waals surface area contributed by atoms with Crippen molar-refractivity contribution < 1.29 is 15.3 Å². The van der Waals surface area contributed by atoms with Crippen LogP contribution in [0.3, 0.4) is 0 Å². The molecule has 25 heavy (non-hydrogen) atoms. The van der Waals surface area contributed by atoms with Crippen molar-refractivity contribution in [2.45, 2.75) is 19.3 Å². The smallest absolute Gasteiger partial charge is 0.119 e. The van der Waals surface area contributed by atoms with Gasteiger partial charge in [0, 0.05) is 17.0 Å². The molecule has 0 amide bonds. The molecule has 0 radical (unpaired) electrons. The van der Waals surface area contributed by atoms with Crippen LogP contribution in [-0.2, 0) is 6.42 Å². The van der Waals surface area contributed by atoms with Gasteiger partial charge in [-0.25, -0.2) is 0 Å². The molecule has 0 bridgehead atoms. The normalized spacial score (nSPS) is 12.2. The lowest BCUT2D eigenvalue weighted by molar-refractivity contribution is 0.418. The maximum atomic E-state index is 10.4. The molecule has 0 aliphatic rings. The van der Waals surface area contributed by atoms with Crippen LogP contribution >= 0.6 is 0 Å². The quantitative estimate of drug-likeness (QED) is 0.627. The molecular formula is C22H22O3. The van der Waals surface area contributed by atoms with Gasteiger partial charge in [-0.2, -0.15) is 0 Å². The van der Waals surface area contributed by atoms with Crippen molar-refractivity contribution in [3.8, 4) is 17.2 Å². The van der Waals surface area contributed by atoms with E-state index in [1.165, 1.54) is 0 Å². The number of rotatable bonds is 5. The zero-order chi connectivity index (χ0) is 17.8. The molecule has 0 fully saturated rings. The molecule has 3 N–H and O–H groups in total. The third kappa shape index (κ3) is 3.61. The van der Waals surface area contributed by atoms with E-state index in [1.54, 1.807) is 36.4 Å². The molecule has 1 unspecified atom stereocenters. The van der Waals surface area contributed by atoms with Gasteiger partial charge in [0.15, 0.2) is 0 Å². The molecular weight excluding hydrogens is 312 g/mol. The van der Waals surface area contributed by atoms with E-state index in [-0.39, 0.29) is 29.1 Å². The number of hydrogen-bond acceptors (Lipinski definition) is 3. The molecule has 0 saturated heterocycles. The molecule has 3 aromatic rings.